The van der Waals surface area contributed by atoms with E-state index in [2.05, 4.69) is 0 Å². The van der Waals surface area contributed by atoms with Crippen LogP contribution in [0.5, 0.6) is 0 Å². The molecule has 0 spiro atoms. The Hall–Kier alpha value is -0.870. The van der Waals surface area contributed by atoms with Crippen LogP contribution in [-0.4, -0.2) is 35.1 Å². The Morgan fingerprint density at radius 3 is 2.47 bits per heavy atom. The summed E-state index contributed by atoms with van der Waals surface area (Å²) in [5.41, 5.74) is -0.592. The number of hydrogen-bond donors (Lipinski definition) is 0. The van der Waals surface area contributed by atoms with E-state index in [9.17, 15) is 13.6 Å². The van der Waals surface area contributed by atoms with Crippen LogP contribution in [-0.2, 0) is 4.74 Å². The molecule has 1 aliphatic heterocycles. The molecule has 0 N–H and O–H groups in total. The largest absolute Gasteiger partial charge is 0.444 e. The molecule has 0 aromatic carbocycles. The number of halogens is 2. The minimum Gasteiger partial charge on any atom is -0.444 e. The highest BCUT2D eigenvalue weighted by molar-refractivity contribution is 5.68. The number of likely N-dealkylation sites (tertiary alicyclic amines) is 1. The lowest BCUT2D eigenvalue weighted by Crippen LogP contribution is -2.42. The third-order valence-corrected chi connectivity index (χ3v) is 2.81. The number of alkyl halides is 2. The van der Waals surface area contributed by atoms with Gasteiger partial charge in [0.1, 0.15) is 5.60 Å². The highest BCUT2D eigenvalue weighted by atomic mass is 19.3. The van der Waals surface area contributed by atoms with Gasteiger partial charge in [-0.3, -0.25) is 0 Å². The zero-order chi connectivity index (χ0) is 13.3. The molecule has 1 unspecified atom stereocenters. The maximum Gasteiger partial charge on any atom is 0.410 e. The lowest BCUT2D eigenvalue weighted by Gasteiger charge is -2.30. The van der Waals surface area contributed by atoms with Gasteiger partial charge in [-0.2, -0.15) is 0 Å². The van der Waals surface area contributed by atoms with E-state index in [0.29, 0.717) is 6.42 Å². The maximum absolute atomic E-state index is 13.2. The Morgan fingerprint density at radius 2 is 1.94 bits per heavy atom. The number of nitrogens with zero attached hydrogens (tertiary/aromatic N) is 1. The van der Waals surface area contributed by atoms with Gasteiger partial charge in [-0.25, -0.2) is 13.6 Å². The Labute approximate surface area is 101 Å². The van der Waals surface area contributed by atoms with E-state index in [4.69, 9.17) is 4.74 Å². The standard InChI is InChI=1S/C12H21F2NO2/c1-9-5-6-12(13,14)7-8-15(9)10(16)17-11(2,3)4/h9H,5-8H2,1-4H3. The van der Waals surface area contributed by atoms with Crippen molar-refractivity contribution in [1.82, 2.24) is 4.90 Å². The van der Waals surface area contributed by atoms with Crippen LogP contribution in [0.3, 0.4) is 0 Å². The molecule has 0 radical (unpaired) electrons. The van der Waals surface area contributed by atoms with Crippen molar-refractivity contribution in [2.45, 2.75) is 64.5 Å². The number of amides is 1. The second-order valence-electron chi connectivity index (χ2n) is 5.67. The number of hydrogen-bond acceptors (Lipinski definition) is 2. The van der Waals surface area contributed by atoms with E-state index in [-0.39, 0.29) is 25.4 Å². The van der Waals surface area contributed by atoms with E-state index >= 15 is 0 Å². The number of carbonyl (C=O) groups is 1. The molecule has 5 heteroatoms. The van der Waals surface area contributed by atoms with E-state index in [1.165, 1.54) is 4.90 Å². The van der Waals surface area contributed by atoms with Crippen LogP contribution in [0, 0.1) is 0 Å². The van der Waals surface area contributed by atoms with Crippen LogP contribution in [0.4, 0.5) is 13.6 Å². The van der Waals surface area contributed by atoms with Crippen LogP contribution < -0.4 is 0 Å². The van der Waals surface area contributed by atoms with Gasteiger partial charge in [-0.15, -0.1) is 0 Å². The number of carbonyl (C=O) groups excluding carboxylic acids is 1. The van der Waals surface area contributed by atoms with Crippen LogP contribution in [0.15, 0.2) is 0 Å². The molecular formula is C12H21F2NO2. The van der Waals surface area contributed by atoms with E-state index in [0.717, 1.165) is 0 Å². The van der Waals surface area contributed by atoms with Gasteiger partial charge in [0, 0.05) is 25.4 Å². The molecule has 100 valence electrons. The van der Waals surface area contributed by atoms with E-state index in [1.54, 1.807) is 27.7 Å². The SMILES string of the molecule is CC1CCC(F)(F)CCN1C(=O)OC(C)(C)C. The predicted octanol–water partition coefficient (Wildman–Crippen LogP) is 3.43. The van der Waals surface area contributed by atoms with Crippen molar-refractivity contribution in [3.05, 3.63) is 0 Å². The van der Waals surface area contributed by atoms with Crippen molar-refractivity contribution in [1.29, 1.82) is 0 Å². The monoisotopic (exact) mass is 249 g/mol. The summed E-state index contributed by atoms with van der Waals surface area (Å²) in [5.74, 6) is -2.66. The Bertz CT molecular complexity index is 287. The first-order valence-corrected chi connectivity index (χ1v) is 5.98. The first kappa shape index (κ1) is 14.2. The molecule has 0 saturated carbocycles. The second-order valence-corrected chi connectivity index (χ2v) is 5.67. The van der Waals surface area contributed by atoms with Gasteiger partial charge in [-0.1, -0.05) is 0 Å². The van der Waals surface area contributed by atoms with Gasteiger partial charge in [0.05, 0.1) is 0 Å². The molecule has 1 rings (SSSR count). The van der Waals surface area contributed by atoms with E-state index in [1.807, 2.05) is 0 Å². The van der Waals surface area contributed by atoms with E-state index < -0.39 is 17.6 Å². The zero-order valence-electron chi connectivity index (χ0n) is 10.9. The molecule has 0 aromatic rings. The minimum absolute atomic E-state index is 0.0586. The molecule has 1 amide bonds. The highest BCUT2D eigenvalue weighted by Gasteiger charge is 2.37. The first-order valence-electron chi connectivity index (χ1n) is 5.98. The van der Waals surface area contributed by atoms with Crippen LogP contribution in [0.2, 0.25) is 0 Å². The summed E-state index contributed by atoms with van der Waals surface area (Å²) in [6, 6.07) is -0.196. The van der Waals surface area contributed by atoms with Crippen molar-refractivity contribution in [2.75, 3.05) is 6.54 Å². The van der Waals surface area contributed by atoms with Crippen molar-refractivity contribution in [3.8, 4) is 0 Å². The molecule has 1 saturated heterocycles. The average Bonchev–Trinajstić information content (AvgIpc) is 2.23. The molecule has 0 bridgehead atoms. The lowest BCUT2D eigenvalue weighted by atomic mass is 10.1. The van der Waals surface area contributed by atoms with Gasteiger partial charge < -0.3 is 9.64 Å². The molecule has 17 heavy (non-hydrogen) atoms. The molecule has 1 aliphatic rings. The summed E-state index contributed by atoms with van der Waals surface area (Å²) >= 11 is 0. The second kappa shape index (κ2) is 4.78. The molecule has 3 nitrogen and oxygen atoms in total. The normalized spacial score (nSPS) is 25.3. The summed E-state index contributed by atoms with van der Waals surface area (Å²) in [5, 5.41) is 0. The van der Waals surface area contributed by atoms with Gasteiger partial charge in [-0.05, 0) is 34.1 Å². The summed E-state index contributed by atoms with van der Waals surface area (Å²) in [6.45, 7) is 7.14. The maximum atomic E-state index is 13.2. The van der Waals surface area contributed by atoms with Gasteiger partial charge in [0.15, 0.2) is 0 Å². The van der Waals surface area contributed by atoms with Gasteiger partial charge >= 0.3 is 6.09 Å². The molecular weight excluding hydrogens is 228 g/mol. The quantitative estimate of drug-likeness (QED) is 0.658. The Kier molecular flexibility index (Phi) is 3.99. The first-order chi connectivity index (χ1) is 7.61. The van der Waals surface area contributed by atoms with Crippen LogP contribution >= 0.6 is 0 Å². The average molecular weight is 249 g/mol. The fraction of sp³-hybridized carbons (Fsp3) is 0.917. The molecule has 1 atom stereocenters. The number of ether oxygens (including phenoxy) is 1. The fourth-order valence-electron chi connectivity index (χ4n) is 1.80. The third-order valence-electron chi connectivity index (χ3n) is 2.81. The van der Waals surface area contributed by atoms with Crippen molar-refractivity contribution in [2.24, 2.45) is 0 Å². The summed E-state index contributed by atoms with van der Waals surface area (Å²) in [6.07, 6.45) is -0.626. The van der Waals surface area contributed by atoms with Crippen molar-refractivity contribution in [3.63, 3.8) is 0 Å². The summed E-state index contributed by atoms with van der Waals surface area (Å²) < 4.78 is 31.7. The van der Waals surface area contributed by atoms with Gasteiger partial charge in [0.2, 0.25) is 5.92 Å². The van der Waals surface area contributed by atoms with Crippen LogP contribution in [0.25, 0.3) is 0 Å². The predicted molar refractivity (Wildman–Crippen MR) is 61.2 cm³/mol. The van der Waals surface area contributed by atoms with Gasteiger partial charge in [0.25, 0.3) is 0 Å². The van der Waals surface area contributed by atoms with Crippen molar-refractivity contribution < 1.29 is 18.3 Å². The molecule has 0 aliphatic carbocycles. The Balaban J connectivity index is 2.66. The topological polar surface area (TPSA) is 29.5 Å². The number of rotatable bonds is 0. The molecule has 1 heterocycles. The smallest absolute Gasteiger partial charge is 0.410 e. The summed E-state index contributed by atoms with van der Waals surface area (Å²) in [7, 11) is 0. The summed E-state index contributed by atoms with van der Waals surface area (Å²) in [4.78, 5) is 13.3. The molecule has 1 fully saturated rings. The minimum atomic E-state index is -2.66. The van der Waals surface area contributed by atoms with Crippen molar-refractivity contribution >= 4 is 6.09 Å². The molecule has 0 aromatic heterocycles. The Morgan fingerprint density at radius 1 is 1.35 bits per heavy atom. The lowest BCUT2D eigenvalue weighted by molar-refractivity contribution is -0.0146. The third kappa shape index (κ3) is 4.48. The fourth-order valence-corrected chi connectivity index (χ4v) is 1.80. The zero-order valence-corrected chi connectivity index (χ0v) is 10.9. The highest BCUT2D eigenvalue weighted by Crippen LogP contribution is 2.30. The van der Waals surface area contributed by atoms with Crippen LogP contribution in [0.1, 0.15) is 47.0 Å².